The maximum atomic E-state index is 5.58. The molecule has 2 atom stereocenters. The number of aromatic nitrogens is 2. The molecule has 1 aliphatic rings. The van der Waals surface area contributed by atoms with Crippen molar-refractivity contribution in [2.24, 2.45) is 0 Å². The first-order valence-electron chi connectivity index (χ1n) is 5.98. The highest BCUT2D eigenvalue weighted by atomic mass is 16.5. The summed E-state index contributed by atoms with van der Waals surface area (Å²) >= 11 is 0. The predicted octanol–water partition coefficient (Wildman–Crippen LogP) is 1.85. The molecule has 0 aliphatic carbocycles. The quantitative estimate of drug-likeness (QED) is 0.866. The van der Waals surface area contributed by atoms with Gasteiger partial charge in [-0.25, -0.2) is 9.97 Å². The van der Waals surface area contributed by atoms with Crippen LogP contribution in [0.25, 0.3) is 0 Å². The van der Waals surface area contributed by atoms with Gasteiger partial charge in [0.05, 0.1) is 18.2 Å². The molecule has 0 bridgehead atoms. The third-order valence-corrected chi connectivity index (χ3v) is 3.23. The van der Waals surface area contributed by atoms with Crippen LogP contribution < -0.4 is 10.1 Å². The highest BCUT2D eigenvalue weighted by molar-refractivity contribution is 5.40. The van der Waals surface area contributed by atoms with Crippen molar-refractivity contribution >= 4 is 5.82 Å². The highest BCUT2D eigenvalue weighted by Crippen LogP contribution is 2.29. The van der Waals surface area contributed by atoms with Gasteiger partial charge in [0, 0.05) is 12.7 Å². The number of nitrogens with one attached hydrogen (secondary N) is 1. The van der Waals surface area contributed by atoms with E-state index in [0.29, 0.717) is 12.5 Å². The van der Waals surface area contributed by atoms with E-state index in [2.05, 4.69) is 29.1 Å². The van der Waals surface area contributed by atoms with Gasteiger partial charge < -0.3 is 14.8 Å². The van der Waals surface area contributed by atoms with Crippen molar-refractivity contribution in [2.45, 2.75) is 38.8 Å². The second-order valence-electron chi connectivity index (χ2n) is 4.48. The Morgan fingerprint density at radius 1 is 1.59 bits per heavy atom. The van der Waals surface area contributed by atoms with Crippen molar-refractivity contribution in [3.8, 4) is 5.88 Å². The molecule has 5 nitrogen and oxygen atoms in total. The number of anilines is 1. The Morgan fingerprint density at radius 3 is 3.06 bits per heavy atom. The first kappa shape index (κ1) is 12.1. The lowest BCUT2D eigenvalue weighted by Gasteiger charge is -2.29. The van der Waals surface area contributed by atoms with E-state index in [9.17, 15) is 0 Å². The molecule has 0 amide bonds. The maximum Gasteiger partial charge on any atom is 0.218 e. The summed E-state index contributed by atoms with van der Waals surface area (Å²) in [6, 6.07) is 1.82. The molecule has 5 heteroatoms. The van der Waals surface area contributed by atoms with Crippen molar-refractivity contribution in [1.82, 2.24) is 9.97 Å². The molecule has 1 aliphatic heterocycles. The summed E-state index contributed by atoms with van der Waals surface area (Å²) in [6.45, 7) is 7.54. The van der Waals surface area contributed by atoms with Crippen LogP contribution in [0.5, 0.6) is 5.88 Å². The number of hydrogen-bond donors (Lipinski definition) is 1. The standard InChI is InChI=1S/C12H19N3O2/c1-4-16-11-7-10(13-8-14-11)15-12(3)5-6-17-9(12)2/h7-9H,4-6H2,1-3H3,(H,13,14,15). The largest absolute Gasteiger partial charge is 0.478 e. The molecule has 0 radical (unpaired) electrons. The summed E-state index contributed by atoms with van der Waals surface area (Å²) in [7, 11) is 0. The van der Waals surface area contributed by atoms with Crippen LogP contribution in [0.4, 0.5) is 5.82 Å². The molecule has 1 fully saturated rings. The van der Waals surface area contributed by atoms with Gasteiger partial charge in [-0.1, -0.05) is 0 Å². The summed E-state index contributed by atoms with van der Waals surface area (Å²) in [6.07, 6.45) is 2.66. The van der Waals surface area contributed by atoms with Gasteiger partial charge in [0.15, 0.2) is 0 Å². The molecule has 1 saturated heterocycles. The topological polar surface area (TPSA) is 56.3 Å². The van der Waals surface area contributed by atoms with E-state index in [1.54, 1.807) is 0 Å². The van der Waals surface area contributed by atoms with E-state index < -0.39 is 0 Å². The molecule has 2 heterocycles. The van der Waals surface area contributed by atoms with Crippen molar-refractivity contribution in [2.75, 3.05) is 18.5 Å². The highest BCUT2D eigenvalue weighted by Gasteiger charge is 2.37. The van der Waals surface area contributed by atoms with Gasteiger partial charge in [-0.15, -0.1) is 0 Å². The average Bonchev–Trinajstić information content (AvgIpc) is 2.60. The SMILES string of the molecule is CCOc1cc(NC2(C)CCOC2C)ncn1. The summed E-state index contributed by atoms with van der Waals surface area (Å²) in [5.74, 6) is 1.38. The lowest BCUT2D eigenvalue weighted by atomic mass is 9.95. The van der Waals surface area contributed by atoms with Crippen molar-refractivity contribution in [3.63, 3.8) is 0 Å². The minimum absolute atomic E-state index is 0.0716. The Morgan fingerprint density at radius 2 is 2.41 bits per heavy atom. The van der Waals surface area contributed by atoms with E-state index >= 15 is 0 Å². The Labute approximate surface area is 102 Å². The fraction of sp³-hybridized carbons (Fsp3) is 0.667. The van der Waals surface area contributed by atoms with E-state index in [1.165, 1.54) is 6.33 Å². The molecule has 0 aromatic carbocycles. The monoisotopic (exact) mass is 237 g/mol. The van der Waals surface area contributed by atoms with E-state index in [0.717, 1.165) is 18.8 Å². The average molecular weight is 237 g/mol. The van der Waals surface area contributed by atoms with Gasteiger partial charge in [-0.3, -0.25) is 0 Å². The number of nitrogens with zero attached hydrogens (tertiary/aromatic N) is 2. The van der Waals surface area contributed by atoms with Crippen LogP contribution in [0, 0.1) is 0 Å². The smallest absolute Gasteiger partial charge is 0.218 e. The first-order chi connectivity index (χ1) is 8.14. The van der Waals surface area contributed by atoms with Crippen LogP contribution in [0.15, 0.2) is 12.4 Å². The van der Waals surface area contributed by atoms with Crippen LogP contribution >= 0.6 is 0 Å². The van der Waals surface area contributed by atoms with Crippen LogP contribution in [0.2, 0.25) is 0 Å². The second kappa shape index (κ2) is 4.87. The predicted molar refractivity (Wildman–Crippen MR) is 65.3 cm³/mol. The van der Waals surface area contributed by atoms with Crippen LogP contribution in [0.1, 0.15) is 27.2 Å². The molecule has 17 heavy (non-hydrogen) atoms. The number of rotatable bonds is 4. The molecule has 0 spiro atoms. The van der Waals surface area contributed by atoms with Crippen molar-refractivity contribution in [1.29, 1.82) is 0 Å². The summed E-state index contributed by atoms with van der Waals surface area (Å²) < 4.78 is 10.9. The zero-order valence-electron chi connectivity index (χ0n) is 10.6. The Kier molecular flexibility index (Phi) is 3.47. The van der Waals surface area contributed by atoms with Crippen LogP contribution in [-0.2, 0) is 4.74 Å². The van der Waals surface area contributed by atoms with E-state index in [4.69, 9.17) is 9.47 Å². The van der Waals surface area contributed by atoms with E-state index in [-0.39, 0.29) is 11.6 Å². The zero-order valence-corrected chi connectivity index (χ0v) is 10.6. The van der Waals surface area contributed by atoms with Gasteiger partial charge in [0.2, 0.25) is 5.88 Å². The molecule has 2 unspecified atom stereocenters. The molecule has 94 valence electrons. The fourth-order valence-electron chi connectivity index (χ4n) is 1.93. The minimum Gasteiger partial charge on any atom is -0.478 e. The molecular formula is C12H19N3O2. The fourth-order valence-corrected chi connectivity index (χ4v) is 1.93. The Bertz CT molecular complexity index is 386. The lowest BCUT2D eigenvalue weighted by molar-refractivity contribution is 0.105. The molecule has 1 aromatic heterocycles. The Balaban J connectivity index is 2.10. The van der Waals surface area contributed by atoms with Gasteiger partial charge >= 0.3 is 0 Å². The van der Waals surface area contributed by atoms with Gasteiger partial charge in [-0.05, 0) is 27.2 Å². The van der Waals surface area contributed by atoms with Crippen molar-refractivity contribution < 1.29 is 9.47 Å². The van der Waals surface area contributed by atoms with E-state index in [1.807, 2.05) is 13.0 Å². The van der Waals surface area contributed by atoms with Gasteiger partial charge in [0.1, 0.15) is 12.1 Å². The summed E-state index contributed by atoms with van der Waals surface area (Å²) in [5, 5.41) is 3.41. The van der Waals surface area contributed by atoms with Crippen LogP contribution in [-0.4, -0.2) is 34.8 Å². The summed E-state index contributed by atoms with van der Waals surface area (Å²) in [4.78, 5) is 8.25. The third kappa shape index (κ3) is 2.66. The van der Waals surface area contributed by atoms with Crippen LogP contribution in [0.3, 0.4) is 0 Å². The lowest BCUT2D eigenvalue weighted by Crippen LogP contribution is -2.41. The first-order valence-corrected chi connectivity index (χ1v) is 5.98. The molecule has 1 N–H and O–H groups in total. The Hall–Kier alpha value is -1.36. The molecule has 1 aromatic rings. The molecule has 2 rings (SSSR count). The van der Waals surface area contributed by atoms with Gasteiger partial charge in [0.25, 0.3) is 0 Å². The number of hydrogen-bond acceptors (Lipinski definition) is 5. The second-order valence-corrected chi connectivity index (χ2v) is 4.48. The van der Waals surface area contributed by atoms with Gasteiger partial charge in [-0.2, -0.15) is 0 Å². The van der Waals surface area contributed by atoms with Crippen molar-refractivity contribution in [3.05, 3.63) is 12.4 Å². The summed E-state index contributed by atoms with van der Waals surface area (Å²) in [5.41, 5.74) is -0.0716. The zero-order chi connectivity index (χ0) is 12.3. The minimum atomic E-state index is -0.0716. The molecular weight excluding hydrogens is 218 g/mol. The maximum absolute atomic E-state index is 5.58. The normalized spacial score (nSPS) is 28.1. The third-order valence-electron chi connectivity index (χ3n) is 3.23. The number of ether oxygens (including phenoxy) is 2. The molecule has 0 saturated carbocycles.